The lowest BCUT2D eigenvalue weighted by Gasteiger charge is -2.27. The fourth-order valence-electron chi connectivity index (χ4n) is 1.73. The SMILES string of the molecule is C=CCN(c1ccc([C@@H](O)CC)nc1)C(C)C. The van der Waals surface area contributed by atoms with Gasteiger partial charge in [0.05, 0.1) is 23.7 Å². The third-order valence-electron chi connectivity index (χ3n) is 2.78. The van der Waals surface area contributed by atoms with Crippen molar-refractivity contribution in [2.75, 3.05) is 11.4 Å². The Balaban J connectivity index is 2.87. The van der Waals surface area contributed by atoms with Gasteiger partial charge >= 0.3 is 0 Å². The van der Waals surface area contributed by atoms with E-state index < -0.39 is 6.10 Å². The molecule has 94 valence electrons. The number of nitrogens with zero attached hydrogens (tertiary/aromatic N) is 2. The third kappa shape index (κ3) is 3.56. The van der Waals surface area contributed by atoms with Gasteiger partial charge in [-0.15, -0.1) is 6.58 Å². The van der Waals surface area contributed by atoms with Gasteiger partial charge in [-0.3, -0.25) is 4.98 Å². The van der Waals surface area contributed by atoms with Gasteiger partial charge < -0.3 is 10.0 Å². The summed E-state index contributed by atoms with van der Waals surface area (Å²) in [5.74, 6) is 0. The normalized spacial score (nSPS) is 12.5. The lowest BCUT2D eigenvalue weighted by molar-refractivity contribution is 0.169. The fourth-order valence-corrected chi connectivity index (χ4v) is 1.73. The van der Waals surface area contributed by atoms with Crippen molar-refractivity contribution >= 4 is 5.69 Å². The number of pyridine rings is 1. The van der Waals surface area contributed by atoms with Crippen molar-refractivity contribution in [2.24, 2.45) is 0 Å². The molecule has 1 aromatic heterocycles. The number of hydrogen-bond acceptors (Lipinski definition) is 3. The number of hydrogen-bond donors (Lipinski definition) is 1. The molecular formula is C14H22N2O. The third-order valence-corrected chi connectivity index (χ3v) is 2.78. The van der Waals surface area contributed by atoms with E-state index in [2.05, 4.69) is 30.3 Å². The lowest BCUT2D eigenvalue weighted by Crippen LogP contribution is -2.30. The molecule has 0 bridgehead atoms. The molecule has 3 heteroatoms. The number of rotatable bonds is 6. The van der Waals surface area contributed by atoms with E-state index in [0.29, 0.717) is 12.5 Å². The minimum atomic E-state index is -0.462. The summed E-state index contributed by atoms with van der Waals surface area (Å²) >= 11 is 0. The van der Waals surface area contributed by atoms with E-state index in [1.165, 1.54) is 0 Å². The minimum absolute atomic E-state index is 0.400. The molecule has 0 radical (unpaired) electrons. The van der Waals surface area contributed by atoms with Crippen LogP contribution in [0.5, 0.6) is 0 Å². The van der Waals surface area contributed by atoms with Gasteiger partial charge in [0.2, 0.25) is 0 Å². The summed E-state index contributed by atoms with van der Waals surface area (Å²) in [6.45, 7) is 10.8. The summed E-state index contributed by atoms with van der Waals surface area (Å²) in [6.07, 6.45) is 3.93. The highest BCUT2D eigenvalue weighted by molar-refractivity contribution is 5.46. The van der Waals surface area contributed by atoms with Crippen molar-refractivity contribution in [3.8, 4) is 0 Å². The quantitative estimate of drug-likeness (QED) is 0.769. The molecule has 0 aliphatic carbocycles. The Morgan fingerprint density at radius 1 is 1.47 bits per heavy atom. The van der Waals surface area contributed by atoms with Crippen LogP contribution in [0.4, 0.5) is 5.69 Å². The fraction of sp³-hybridized carbons (Fsp3) is 0.500. The predicted molar refractivity (Wildman–Crippen MR) is 72.2 cm³/mol. The smallest absolute Gasteiger partial charge is 0.0957 e. The highest BCUT2D eigenvalue weighted by Gasteiger charge is 2.11. The second-order valence-corrected chi connectivity index (χ2v) is 4.40. The molecule has 17 heavy (non-hydrogen) atoms. The number of aliphatic hydroxyl groups excluding tert-OH is 1. The molecule has 3 nitrogen and oxygen atoms in total. The Bertz CT molecular complexity index is 346. The summed E-state index contributed by atoms with van der Waals surface area (Å²) in [4.78, 5) is 6.52. The highest BCUT2D eigenvalue weighted by Crippen LogP contribution is 2.19. The summed E-state index contributed by atoms with van der Waals surface area (Å²) < 4.78 is 0. The molecule has 0 aliphatic rings. The molecule has 1 N–H and O–H groups in total. The van der Waals surface area contributed by atoms with E-state index in [9.17, 15) is 5.11 Å². The van der Waals surface area contributed by atoms with Crippen molar-refractivity contribution < 1.29 is 5.11 Å². The van der Waals surface area contributed by atoms with Crippen molar-refractivity contribution in [1.29, 1.82) is 0 Å². The number of anilines is 1. The van der Waals surface area contributed by atoms with Crippen LogP contribution in [0.15, 0.2) is 31.0 Å². The van der Waals surface area contributed by atoms with E-state index in [1.807, 2.05) is 31.3 Å². The van der Waals surface area contributed by atoms with Gasteiger partial charge in [0.25, 0.3) is 0 Å². The molecule has 1 aromatic rings. The molecule has 1 rings (SSSR count). The molecule has 1 heterocycles. The van der Waals surface area contributed by atoms with Crippen LogP contribution in [0.3, 0.4) is 0 Å². The summed E-state index contributed by atoms with van der Waals surface area (Å²) in [6, 6.07) is 4.30. The standard InChI is InChI=1S/C14H22N2O/c1-5-9-16(11(3)4)12-7-8-13(15-10-12)14(17)6-2/h5,7-8,10-11,14,17H,1,6,9H2,2-4H3/t14-/m0/s1. The molecule has 0 amide bonds. The summed E-state index contributed by atoms with van der Waals surface area (Å²) in [7, 11) is 0. The highest BCUT2D eigenvalue weighted by atomic mass is 16.3. The van der Waals surface area contributed by atoms with Gasteiger partial charge in [-0.2, -0.15) is 0 Å². The van der Waals surface area contributed by atoms with Crippen LogP contribution >= 0.6 is 0 Å². The van der Waals surface area contributed by atoms with Crippen molar-refractivity contribution in [3.63, 3.8) is 0 Å². The van der Waals surface area contributed by atoms with Gasteiger partial charge in [0.15, 0.2) is 0 Å². The van der Waals surface area contributed by atoms with Crippen LogP contribution in [0, 0.1) is 0 Å². The second kappa shape index (κ2) is 6.40. The molecule has 0 saturated heterocycles. The first kappa shape index (κ1) is 13.7. The van der Waals surface area contributed by atoms with Crippen LogP contribution in [0.1, 0.15) is 39.0 Å². The molecule has 1 atom stereocenters. The van der Waals surface area contributed by atoms with Crippen molar-refractivity contribution in [1.82, 2.24) is 4.98 Å². The maximum atomic E-state index is 9.68. The molecule has 0 aromatic carbocycles. The van der Waals surface area contributed by atoms with E-state index in [1.54, 1.807) is 0 Å². The predicted octanol–water partition coefficient (Wildman–Crippen LogP) is 2.93. The Hall–Kier alpha value is -1.35. The Morgan fingerprint density at radius 2 is 2.18 bits per heavy atom. The first-order valence-electron chi connectivity index (χ1n) is 6.11. The zero-order chi connectivity index (χ0) is 12.8. The van der Waals surface area contributed by atoms with Crippen molar-refractivity contribution in [2.45, 2.75) is 39.3 Å². The Labute approximate surface area is 104 Å². The zero-order valence-electron chi connectivity index (χ0n) is 10.9. The van der Waals surface area contributed by atoms with E-state index in [0.717, 1.165) is 17.9 Å². The van der Waals surface area contributed by atoms with Crippen LogP contribution in [-0.4, -0.2) is 22.7 Å². The van der Waals surface area contributed by atoms with E-state index in [4.69, 9.17) is 0 Å². The molecule has 0 spiro atoms. The maximum absolute atomic E-state index is 9.68. The maximum Gasteiger partial charge on any atom is 0.0957 e. The van der Waals surface area contributed by atoms with Crippen LogP contribution in [0.2, 0.25) is 0 Å². The first-order valence-corrected chi connectivity index (χ1v) is 6.11. The van der Waals surface area contributed by atoms with Gasteiger partial charge in [0, 0.05) is 12.6 Å². The Morgan fingerprint density at radius 3 is 2.59 bits per heavy atom. The largest absolute Gasteiger partial charge is 0.387 e. The molecule has 0 fully saturated rings. The van der Waals surface area contributed by atoms with Crippen LogP contribution in [-0.2, 0) is 0 Å². The molecule has 0 saturated carbocycles. The summed E-state index contributed by atoms with van der Waals surface area (Å²) in [5, 5.41) is 9.68. The molecular weight excluding hydrogens is 212 g/mol. The topological polar surface area (TPSA) is 36.4 Å². The van der Waals surface area contributed by atoms with Crippen LogP contribution < -0.4 is 4.90 Å². The summed E-state index contributed by atoms with van der Waals surface area (Å²) in [5.41, 5.74) is 1.80. The van der Waals surface area contributed by atoms with E-state index >= 15 is 0 Å². The minimum Gasteiger partial charge on any atom is -0.387 e. The number of aliphatic hydroxyl groups is 1. The number of aromatic nitrogens is 1. The monoisotopic (exact) mass is 234 g/mol. The average molecular weight is 234 g/mol. The second-order valence-electron chi connectivity index (χ2n) is 4.40. The first-order chi connectivity index (χ1) is 8.10. The van der Waals surface area contributed by atoms with Gasteiger partial charge in [-0.1, -0.05) is 13.0 Å². The molecule has 0 unspecified atom stereocenters. The van der Waals surface area contributed by atoms with Gasteiger partial charge in [-0.05, 0) is 32.4 Å². The van der Waals surface area contributed by atoms with E-state index in [-0.39, 0.29) is 0 Å². The molecule has 0 aliphatic heterocycles. The Kier molecular flexibility index (Phi) is 5.16. The lowest BCUT2D eigenvalue weighted by atomic mass is 10.1. The van der Waals surface area contributed by atoms with Gasteiger partial charge in [0.1, 0.15) is 0 Å². The van der Waals surface area contributed by atoms with Crippen molar-refractivity contribution in [3.05, 3.63) is 36.7 Å². The van der Waals surface area contributed by atoms with Crippen LogP contribution in [0.25, 0.3) is 0 Å². The average Bonchev–Trinajstić information content (AvgIpc) is 2.35. The van der Waals surface area contributed by atoms with Gasteiger partial charge in [-0.25, -0.2) is 0 Å². The zero-order valence-corrected chi connectivity index (χ0v) is 10.9.